The van der Waals surface area contributed by atoms with Crippen LogP contribution in [0, 0.1) is 0 Å². The average molecular weight is 519 g/mol. The van der Waals surface area contributed by atoms with Gasteiger partial charge >= 0.3 is 6.09 Å². The Morgan fingerprint density at radius 3 is 2.61 bits per heavy atom. The highest BCUT2D eigenvalue weighted by Crippen LogP contribution is 2.38. The van der Waals surface area contributed by atoms with Gasteiger partial charge in [0.25, 0.3) is 0 Å². The summed E-state index contributed by atoms with van der Waals surface area (Å²) in [5.74, 6) is 0.112. The number of sulfone groups is 1. The molecule has 3 heterocycles. The second-order valence-corrected chi connectivity index (χ2v) is 11.8. The van der Waals surface area contributed by atoms with Crippen LogP contribution < -0.4 is 15.5 Å². The summed E-state index contributed by atoms with van der Waals surface area (Å²) in [5.41, 5.74) is 8.36. The molecule has 0 spiro atoms. The van der Waals surface area contributed by atoms with Crippen LogP contribution in [0.1, 0.15) is 45.1 Å². The van der Waals surface area contributed by atoms with Gasteiger partial charge < -0.3 is 20.1 Å². The van der Waals surface area contributed by atoms with Crippen molar-refractivity contribution in [2.45, 2.75) is 57.7 Å². The summed E-state index contributed by atoms with van der Waals surface area (Å²) in [4.78, 5) is 33.4. The molecule has 0 aromatic heterocycles. The molecule has 2 atom stereocenters. The van der Waals surface area contributed by atoms with Crippen LogP contribution in [-0.4, -0.2) is 76.1 Å². The molecule has 3 aliphatic heterocycles. The molecule has 3 aliphatic rings. The van der Waals surface area contributed by atoms with Gasteiger partial charge in [0.05, 0.1) is 48.2 Å². The zero-order valence-corrected chi connectivity index (χ0v) is 21.6. The number of ether oxygens (including phenoxy) is 2. The van der Waals surface area contributed by atoms with E-state index in [1.807, 2.05) is 13.0 Å². The van der Waals surface area contributed by atoms with E-state index in [2.05, 4.69) is 4.99 Å². The molecule has 0 saturated carbocycles. The Kier molecular flexibility index (Phi) is 7.99. The normalized spacial score (nSPS) is 25.0. The third-order valence-corrected chi connectivity index (χ3v) is 8.59. The topological polar surface area (TPSA) is 132 Å². The van der Waals surface area contributed by atoms with E-state index in [4.69, 9.17) is 15.2 Å². The molecule has 10 nitrogen and oxygen atoms in total. The van der Waals surface area contributed by atoms with Crippen molar-refractivity contribution in [2.24, 2.45) is 10.7 Å². The van der Waals surface area contributed by atoms with Gasteiger partial charge in [-0.15, -0.1) is 0 Å². The Balaban J connectivity index is 1.63. The first-order chi connectivity index (χ1) is 17.2. The fourth-order valence-electron chi connectivity index (χ4n) is 4.97. The number of benzene rings is 1. The lowest BCUT2D eigenvalue weighted by Crippen LogP contribution is -2.52. The number of anilines is 2. The fourth-order valence-corrected chi connectivity index (χ4v) is 6.59. The van der Waals surface area contributed by atoms with Crippen molar-refractivity contribution < 1.29 is 27.5 Å². The number of rotatable bonds is 4. The number of nitrogens with two attached hydrogens (primary N) is 1. The molecule has 2 N–H and O–H groups in total. The lowest BCUT2D eigenvalue weighted by atomic mass is 10.0. The Bertz CT molecular complexity index is 1160. The minimum absolute atomic E-state index is 0.0306. The molecule has 36 heavy (non-hydrogen) atoms. The van der Waals surface area contributed by atoms with Gasteiger partial charge in [-0.2, -0.15) is 0 Å². The van der Waals surface area contributed by atoms with Gasteiger partial charge in [-0.05, 0) is 37.5 Å². The lowest BCUT2D eigenvalue weighted by Gasteiger charge is -2.41. The zero-order chi connectivity index (χ0) is 25.9. The van der Waals surface area contributed by atoms with Crippen LogP contribution in [0.5, 0.6) is 0 Å². The summed E-state index contributed by atoms with van der Waals surface area (Å²) in [5, 5.41) is 0. The summed E-state index contributed by atoms with van der Waals surface area (Å²) >= 11 is 0. The van der Waals surface area contributed by atoms with E-state index in [1.165, 1.54) is 13.1 Å². The van der Waals surface area contributed by atoms with Crippen molar-refractivity contribution in [2.75, 3.05) is 41.1 Å². The molecule has 11 heteroatoms. The van der Waals surface area contributed by atoms with Gasteiger partial charge in [0.1, 0.15) is 6.10 Å². The molecular formula is C25H34N4O6S. The van der Waals surface area contributed by atoms with E-state index in [9.17, 15) is 18.0 Å². The SMILES string of the molecule is CC(=O)N1c2ccc(C(C=NC3CCCS(=O)(=O)C3)=CN)cc2N(C(=O)OC2CCOCC2)C[C@@H]1C. The molecule has 2 fully saturated rings. The van der Waals surface area contributed by atoms with Crippen LogP contribution in [0.2, 0.25) is 0 Å². The van der Waals surface area contributed by atoms with Gasteiger partial charge in [-0.1, -0.05) is 6.07 Å². The van der Waals surface area contributed by atoms with E-state index >= 15 is 0 Å². The van der Waals surface area contributed by atoms with Gasteiger partial charge in [-0.3, -0.25) is 14.7 Å². The molecule has 1 aromatic rings. The summed E-state index contributed by atoms with van der Waals surface area (Å²) in [6.07, 6.45) is 4.91. The summed E-state index contributed by atoms with van der Waals surface area (Å²) < 4.78 is 35.1. The molecule has 4 rings (SSSR count). The molecular weight excluding hydrogens is 484 g/mol. The molecule has 2 saturated heterocycles. The Morgan fingerprint density at radius 1 is 1.19 bits per heavy atom. The molecule has 196 valence electrons. The molecule has 0 bridgehead atoms. The van der Waals surface area contributed by atoms with Crippen molar-refractivity contribution in [3.05, 3.63) is 30.0 Å². The van der Waals surface area contributed by atoms with Crippen molar-refractivity contribution in [3.63, 3.8) is 0 Å². The first-order valence-electron chi connectivity index (χ1n) is 12.3. The van der Waals surface area contributed by atoms with Crippen LogP contribution in [-0.2, 0) is 24.1 Å². The molecule has 1 unspecified atom stereocenters. The van der Waals surface area contributed by atoms with E-state index in [0.717, 1.165) is 0 Å². The van der Waals surface area contributed by atoms with Crippen molar-refractivity contribution in [1.29, 1.82) is 0 Å². The second kappa shape index (κ2) is 11.0. The predicted octanol–water partition coefficient (Wildman–Crippen LogP) is 2.51. The van der Waals surface area contributed by atoms with Crippen LogP contribution >= 0.6 is 0 Å². The number of nitrogens with zero attached hydrogens (tertiary/aromatic N) is 3. The monoisotopic (exact) mass is 518 g/mol. The number of hydrogen-bond acceptors (Lipinski definition) is 8. The third kappa shape index (κ3) is 5.89. The summed E-state index contributed by atoms with van der Waals surface area (Å²) in [7, 11) is -3.08. The average Bonchev–Trinajstić information content (AvgIpc) is 2.83. The van der Waals surface area contributed by atoms with Crippen LogP contribution in [0.3, 0.4) is 0 Å². The second-order valence-electron chi connectivity index (χ2n) is 9.56. The Morgan fingerprint density at radius 2 is 1.94 bits per heavy atom. The molecule has 0 radical (unpaired) electrons. The van der Waals surface area contributed by atoms with Crippen molar-refractivity contribution >= 4 is 45.0 Å². The van der Waals surface area contributed by atoms with Gasteiger partial charge in [0.2, 0.25) is 5.91 Å². The van der Waals surface area contributed by atoms with E-state index in [0.29, 0.717) is 61.4 Å². The van der Waals surface area contributed by atoms with Crippen LogP contribution in [0.4, 0.5) is 16.2 Å². The molecule has 1 aromatic carbocycles. The minimum atomic E-state index is -3.08. The highest BCUT2D eigenvalue weighted by molar-refractivity contribution is 7.91. The first kappa shape index (κ1) is 26.2. The van der Waals surface area contributed by atoms with Crippen molar-refractivity contribution in [3.8, 4) is 0 Å². The largest absolute Gasteiger partial charge is 0.446 e. The van der Waals surface area contributed by atoms with Gasteiger partial charge in [0.15, 0.2) is 9.84 Å². The number of carbonyl (C=O) groups is 2. The molecule has 0 aliphatic carbocycles. The number of allylic oxidation sites excluding steroid dienone is 1. The first-order valence-corrected chi connectivity index (χ1v) is 14.2. The number of aliphatic imine (C=N–C) groups is 1. The quantitative estimate of drug-likeness (QED) is 0.606. The maximum Gasteiger partial charge on any atom is 0.414 e. The fraction of sp³-hybridized carbons (Fsp3) is 0.560. The van der Waals surface area contributed by atoms with Gasteiger partial charge in [0, 0.05) is 44.3 Å². The van der Waals surface area contributed by atoms with Crippen LogP contribution in [0.15, 0.2) is 29.4 Å². The van der Waals surface area contributed by atoms with E-state index in [-0.39, 0.29) is 42.1 Å². The summed E-state index contributed by atoms with van der Waals surface area (Å²) in [6, 6.07) is 4.86. The van der Waals surface area contributed by atoms with Crippen molar-refractivity contribution in [1.82, 2.24) is 0 Å². The third-order valence-electron chi connectivity index (χ3n) is 6.79. The summed E-state index contributed by atoms with van der Waals surface area (Å²) in [6.45, 7) is 4.79. The Labute approximate surface area is 212 Å². The predicted molar refractivity (Wildman–Crippen MR) is 139 cm³/mol. The highest BCUT2D eigenvalue weighted by Gasteiger charge is 2.35. The number of amides is 2. The van der Waals surface area contributed by atoms with E-state index in [1.54, 1.807) is 28.1 Å². The maximum absolute atomic E-state index is 13.2. The standard InChI is InChI=1S/C25H34N4O6S/c1-17-15-28(25(31)35-22-7-9-34-10-8-22)24-12-19(5-6-23(24)29(17)18(2)30)20(13-26)14-27-21-4-3-11-36(32,33)16-21/h5-6,12-14,17,21-22H,3-4,7-11,15-16,26H2,1-2H3/t17-,21?/m0/s1. The maximum atomic E-state index is 13.2. The highest BCUT2D eigenvalue weighted by atomic mass is 32.2. The number of fused-ring (bicyclic) bond motifs is 1. The van der Waals surface area contributed by atoms with Crippen LogP contribution in [0.25, 0.3) is 5.57 Å². The zero-order valence-electron chi connectivity index (χ0n) is 20.8. The smallest absolute Gasteiger partial charge is 0.414 e. The minimum Gasteiger partial charge on any atom is -0.446 e. The van der Waals surface area contributed by atoms with E-state index < -0.39 is 15.9 Å². The Hall–Kier alpha value is -2.92. The lowest BCUT2D eigenvalue weighted by molar-refractivity contribution is -0.117. The number of hydrogen-bond donors (Lipinski definition) is 1. The van der Waals surface area contributed by atoms with Gasteiger partial charge in [-0.25, -0.2) is 13.2 Å². The molecule has 2 amide bonds. The number of carbonyl (C=O) groups excluding carboxylic acids is 2.